The number of hydrogen-bond donors (Lipinski definition) is 1. The highest BCUT2D eigenvalue weighted by Crippen LogP contribution is 2.06. The molecule has 0 aromatic carbocycles. The van der Waals surface area contributed by atoms with Crippen LogP contribution in [0.15, 0.2) is 0 Å². The minimum Gasteiger partial charge on any atom is -0.465 e. The van der Waals surface area contributed by atoms with Crippen LogP contribution in [0.25, 0.3) is 0 Å². The van der Waals surface area contributed by atoms with Crippen molar-refractivity contribution in [1.82, 2.24) is 0 Å². The van der Waals surface area contributed by atoms with Crippen LogP contribution in [0, 0.1) is 0 Å². The van der Waals surface area contributed by atoms with Crippen molar-refractivity contribution in [1.29, 1.82) is 0 Å². The molecule has 0 fully saturated rings. The second-order valence-electron chi connectivity index (χ2n) is 3.74. The summed E-state index contributed by atoms with van der Waals surface area (Å²) >= 11 is 1.40. The molecule has 100 valence electrons. The predicted octanol–water partition coefficient (Wildman–Crippen LogP) is 0.952. The summed E-state index contributed by atoms with van der Waals surface area (Å²) in [5, 5.41) is 0. The van der Waals surface area contributed by atoms with E-state index in [1.165, 1.54) is 11.8 Å². The Balaban J connectivity index is 3.57. The second kappa shape index (κ2) is 9.30. The molecule has 0 heterocycles. The number of carbonyl (C=O) groups is 2. The molecule has 0 aliphatic rings. The number of thioether (sulfide) groups is 1. The van der Waals surface area contributed by atoms with E-state index in [1.54, 1.807) is 20.8 Å². The Morgan fingerprint density at radius 1 is 1.35 bits per heavy atom. The average molecular weight is 263 g/mol. The Kier molecular flexibility index (Phi) is 8.89. The molecular formula is C11H21NO4S. The molecule has 0 saturated heterocycles. The monoisotopic (exact) mass is 263 g/mol. The first-order valence-corrected chi connectivity index (χ1v) is 6.82. The van der Waals surface area contributed by atoms with Gasteiger partial charge in [0.2, 0.25) is 0 Å². The van der Waals surface area contributed by atoms with Crippen LogP contribution >= 0.6 is 11.8 Å². The molecule has 0 aromatic heterocycles. The smallest absolute Gasteiger partial charge is 0.322 e. The third-order valence-electron chi connectivity index (χ3n) is 1.75. The molecular weight excluding hydrogens is 242 g/mol. The molecule has 0 saturated carbocycles. The fourth-order valence-corrected chi connectivity index (χ4v) is 1.83. The lowest BCUT2D eigenvalue weighted by Crippen LogP contribution is -2.32. The maximum Gasteiger partial charge on any atom is 0.322 e. The summed E-state index contributed by atoms with van der Waals surface area (Å²) in [5.74, 6) is 0.286. The molecule has 1 unspecified atom stereocenters. The first-order valence-electron chi connectivity index (χ1n) is 5.66. The summed E-state index contributed by atoms with van der Waals surface area (Å²) in [7, 11) is 0. The van der Waals surface area contributed by atoms with Crippen LogP contribution in [0.1, 0.15) is 27.2 Å². The third-order valence-corrected chi connectivity index (χ3v) is 2.71. The zero-order valence-corrected chi connectivity index (χ0v) is 11.4. The van der Waals surface area contributed by atoms with Crippen molar-refractivity contribution < 1.29 is 19.1 Å². The van der Waals surface area contributed by atoms with Crippen molar-refractivity contribution in [3.8, 4) is 0 Å². The van der Waals surface area contributed by atoms with Crippen molar-refractivity contribution in [2.75, 3.05) is 18.1 Å². The second-order valence-corrected chi connectivity index (χ2v) is 4.84. The van der Waals surface area contributed by atoms with Crippen LogP contribution < -0.4 is 5.73 Å². The number of esters is 2. The van der Waals surface area contributed by atoms with Crippen LogP contribution in [-0.2, 0) is 19.1 Å². The van der Waals surface area contributed by atoms with Crippen LogP contribution in [0.2, 0.25) is 0 Å². The van der Waals surface area contributed by atoms with Crippen molar-refractivity contribution in [3.63, 3.8) is 0 Å². The molecule has 0 aliphatic carbocycles. The van der Waals surface area contributed by atoms with Crippen molar-refractivity contribution in [2.45, 2.75) is 39.3 Å². The van der Waals surface area contributed by atoms with Gasteiger partial charge in [-0.3, -0.25) is 9.59 Å². The summed E-state index contributed by atoms with van der Waals surface area (Å²) in [6.45, 7) is 5.68. The van der Waals surface area contributed by atoms with E-state index in [9.17, 15) is 9.59 Å². The fourth-order valence-electron chi connectivity index (χ4n) is 1.03. The van der Waals surface area contributed by atoms with Crippen LogP contribution in [-0.4, -0.2) is 42.2 Å². The summed E-state index contributed by atoms with van der Waals surface area (Å²) < 4.78 is 9.73. The van der Waals surface area contributed by atoms with Gasteiger partial charge in [-0.1, -0.05) is 0 Å². The number of ether oxygens (including phenoxy) is 2. The number of nitrogens with two attached hydrogens (primary N) is 1. The van der Waals surface area contributed by atoms with E-state index in [2.05, 4.69) is 0 Å². The van der Waals surface area contributed by atoms with E-state index in [1.807, 2.05) is 0 Å². The predicted molar refractivity (Wildman–Crippen MR) is 67.8 cm³/mol. The molecule has 0 bridgehead atoms. The standard InChI is InChI=1S/C11H21NO4S/c1-4-15-11(14)9(12)5-6-17-7-10(13)16-8(2)3/h8-9H,4-7,12H2,1-3H3. The lowest BCUT2D eigenvalue weighted by atomic mass is 10.2. The minimum absolute atomic E-state index is 0.0927. The van der Waals surface area contributed by atoms with Gasteiger partial charge in [0.25, 0.3) is 0 Å². The van der Waals surface area contributed by atoms with Gasteiger partial charge in [-0.2, -0.15) is 11.8 Å². The molecule has 17 heavy (non-hydrogen) atoms. The van der Waals surface area contributed by atoms with Gasteiger partial charge in [0, 0.05) is 0 Å². The first kappa shape index (κ1) is 16.2. The fraction of sp³-hybridized carbons (Fsp3) is 0.818. The number of rotatable bonds is 8. The highest BCUT2D eigenvalue weighted by atomic mass is 32.2. The number of carbonyl (C=O) groups excluding carboxylic acids is 2. The Hall–Kier alpha value is -0.750. The number of hydrogen-bond acceptors (Lipinski definition) is 6. The highest BCUT2D eigenvalue weighted by molar-refractivity contribution is 7.99. The normalized spacial score (nSPS) is 12.3. The maximum absolute atomic E-state index is 11.2. The summed E-state index contributed by atoms with van der Waals surface area (Å²) in [6.07, 6.45) is 0.406. The lowest BCUT2D eigenvalue weighted by Gasteiger charge is -2.10. The minimum atomic E-state index is -0.608. The van der Waals surface area contributed by atoms with Crippen LogP contribution in [0.3, 0.4) is 0 Å². The van der Waals surface area contributed by atoms with Gasteiger partial charge in [-0.15, -0.1) is 0 Å². The van der Waals surface area contributed by atoms with E-state index in [0.717, 1.165) is 0 Å². The first-order chi connectivity index (χ1) is 7.97. The van der Waals surface area contributed by atoms with E-state index in [0.29, 0.717) is 18.8 Å². The molecule has 6 heteroatoms. The molecule has 1 atom stereocenters. The van der Waals surface area contributed by atoms with Gasteiger partial charge in [0.15, 0.2) is 0 Å². The Bertz CT molecular complexity index is 246. The molecule has 0 radical (unpaired) electrons. The molecule has 2 N–H and O–H groups in total. The van der Waals surface area contributed by atoms with Gasteiger partial charge in [0.1, 0.15) is 6.04 Å². The van der Waals surface area contributed by atoms with E-state index in [4.69, 9.17) is 15.2 Å². The molecule has 0 amide bonds. The summed E-state index contributed by atoms with van der Waals surface area (Å²) in [5.41, 5.74) is 5.60. The molecule has 0 aliphatic heterocycles. The highest BCUT2D eigenvalue weighted by Gasteiger charge is 2.14. The zero-order valence-electron chi connectivity index (χ0n) is 10.6. The topological polar surface area (TPSA) is 78.6 Å². The summed E-state index contributed by atoms with van der Waals surface area (Å²) in [6, 6.07) is -0.608. The maximum atomic E-state index is 11.2. The SMILES string of the molecule is CCOC(=O)C(N)CCSCC(=O)OC(C)C. The van der Waals surface area contributed by atoms with Gasteiger partial charge >= 0.3 is 11.9 Å². The van der Waals surface area contributed by atoms with Crippen molar-refractivity contribution in [2.24, 2.45) is 5.73 Å². The van der Waals surface area contributed by atoms with Crippen molar-refractivity contribution in [3.05, 3.63) is 0 Å². The lowest BCUT2D eigenvalue weighted by molar-refractivity contribution is -0.145. The van der Waals surface area contributed by atoms with Gasteiger partial charge in [0.05, 0.1) is 18.5 Å². The van der Waals surface area contributed by atoms with Gasteiger partial charge in [-0.25, -0.2) is 0 Å². The molecule has 0 spiro atoms. The quantitative estimate of drug-likeness (QED) is 0.519. The van der Waals surface area contributed by atoms with Crippen LogP contribution in [0.4, 0.5) is 0 Å². The largest absolute Gasteiger partial charge is 0.465 e. The average Bonchev–Trinajstić information content (AvgIpc) is 2.23. The zero-order chi connectivity index (χ0) is 13.3. The van der Waals surface area contributed by atoms with E-state index in [-0.39, 0.29) is 17.8 Å². The summed E-state index contributed by atoms with van der Waals surface area (Å²) in [4.78, 5) is 22.3. The third kappa shape index (κ3) is 9.00. The van der Waals surface area contributed by atoms with E-state index < -0.39 is 12.0 Å². The van der Waals surface area contributed by atoms with Crippen molar-refractivity contribution >= 4 is 23.7 Å². The van der Waals surface area contributed by atoms with Crippen LogP contribution in [0.5, 0.6) is 0 Å². The Labute approximate surface area is 106 Å². The molecule has 5 nitrogen and oxygen atoms in total. The Morgan fingerprint density at radius 3 is 2.53 bits per heavy atom. The Morgan fingerprint density at radius 2 is 2.00 bits per heavy atom. The van der Waals surface area contributed by atoms with Gasteiger partial charge < -0.3 is 15.2 Å². The molecule has 0 rings (SSSR count). The van der Waals surface area contributed by atoms with Gasteiger partial charge in [-0.05, 0) is 32.9 Å². The molecule has 0 aromatic rings. The van der Waals surface area contributed by atoms with E-state index >= 15 is 0 Å².